The number of hydrogen-bond donors (Lipinski definition) is 0. The fourth-order valence-electron chi connectivity index (χ4n) is 4.38. The molecular formula is C25H34N4O4. The van der Waals surface area contributed by atoms with Crippen LogP contribution in [0.3, 0.4) is 0 Å². The SMILES string of the molecule is COc1nc(OCC2CCCN2C(=O)OC(C)(C)C)nc2c1CCN(Cc1ccccc1)C2. The molecule has 1 aromatic heterocycles. The standard InChI is InChI=1S/C25H34N4O4/c1-25(2,3)33-24(30)29-13-8-11-19(29)17-32-23-26-21-16-28(15-18-9-6-5-7-10-18)14-12-20(21)22(27-23)31-4/h5-7,9-10,19H,8,11-17H2,1-4H3. The van der Waals surface area contributed by atoms with Crippen LogP contribution in [0.15, 0.2) is 30.3 Å². The normalized spacial score (nSPS) is 18.7. The van der Waals surface area contributed by atoms with Crippen molar-refractivity contribution < 1.29 is 19.0 Å². The van der Waals surface area contributed by atoms with Crippen LogP contribution in [0.4, 0.5) is 4.79 Å². The summed E-state index contributed by atoms with van der Waals surface area (Å²) in [7, 11) is 1.63. The van der Waals surface area contributed by atoms with Crippen LogP contribution in [0.1, 0.15) is 50.4 Å². The average Bonchev–Trinajstić information content (AvgIpc) is 3.25. The van der Waals surface area contributed by atoms with Gasteiger partial charge in [-0.1, -0.05) is 30.3 Å². The molecular weight excluding hydrogens is 420 g/mol. The van der Waals surface area contributed by atoms with E-state index in [1.54, 1.807) is 12.0 Å². The highest BCUT2D eigenvalue weighted by Crippen LogP contribution is 2.28. The van der Waals surface area contributed by atoms with E-state index in [9.17, 15) is 4.79 Å². The van der Waals surface area contributed by atoms with E-state index in [2.05, 4.69) is 34.1 Å². The smallest absolute Gasteiger partial charge is 0.410 e. The molecule has 3 heterocycles. The Morgan fingerprint density at radius 3 is 2.67 bits per heavy atom. The van der Waals surface area contributed by atoms with E-state index in [1.807, 2.05) is 26.8 Å². The molecule has 0 saturated carbocycles. The van der Waals surface area contributed by atoms with Gasteiger partial charge in [-0.2, -0.15) is 9.97 Å². The summed E-state index contributed by atoms with van der Waals surface area (Å²) in [6.07, 6.45) is 2.33. The summed E-state index contributed by atoms with van der Waals surface area (Å²) in [5, 5.41) is 0. The van der Waals surface area contributed by atoms with Crippen molar-refractivity contribution in [3.05, 3.63) is 47.2 Å². The molecule has 0 aliphatic carbocycles. The minimum absolute atomic E-state index is 0.0555. The molecule has 1 fully saturated rings. The summed E-state index contributed by atoms with van der Waals surface area (Å²) >= 11 is 0. The van der Waals surface area contributed by atoms with E-state index in [1.165, 1.54) is 5.56 Å². The molecule has 1 amide bonds. The van der Waals surface area contributed by atoms with Crippen LogP contribution in [0, 0.1) is 0 Å². The Morgan fingerprint density at radius 1 is 1.15 bits per heavy atom. The van der Waals surface area contributed by atoms with Crippen LogP contribution in [0.2, 0.25) is 0 Å². The van der Waals surface area contributed by atoms with Gasteiger partial charge >= 0.3 is 12.1 Å². The first kappa shape index (κ1) is 23.3. The summed E-state index contributed by atoms with van der Waals surface area (Å²) in [4.78, 5) is 25.9. The molecule has 8 nitrogen and oxygen atoms in total. The van der Waals surface area contributed by atoms with Crippen LogP contribution in [-0.2, 0) is 24.2 Å². The second-order valence-corrected chi connectivity index (χ2v) is 9.67. The molecule has 0 spiro atoms. The van der Waals surface area contributed by atoms with E-state index < -0.39 is 5.60 Å². The number of carbonyl (C=O) groups is 1. The van der Waals surface area contributed by atoms with Gasteiger partial charge in [0.05, 0.1) is 18.8 Å². The van der Waals surface area contributed by atoms with E-state index in [4.69, 9.17) is 19.2 Å². The summed E-state index contributed by atoms with van der Waals surface area (Å²) < 4.78 is 17.1. The number of aromatic nitrogens is 2. The number of rotatable bonds is 6. The van der Waals surface area contributed by atoms with Crippen LogP contribution < -0.4 is 9.47 Å². The molecule has 2 aliphatic heterocycles. The number of likely N-dealkylation sites (tertiary alicyclic amines) is 1. The maximum Gasteiger partial charge on any atom is 0.410 e. The molecule has 1 saturated heterocycles. The molecule has 0 N–H and O–H groups in total. The quantitative estimate of drug-likeness (QED) is 0.657. The van der Waals surface area contributed by atoms with Gasteiger partial charge in [-0.05, 0) is 45.6 Å². The molecule has 2 aliphatic rings. The van der Waals surface area contributed by atoms with Crippen molar-refractivity contribution in [1.82, 2.24) is 19.8 Å². The van der Waals surface area contributed by atoms with Gasteiger partial charge in [0.25, 0.3) is 0 Å². The van der Waals surface area contributed by atoms with Gasteiger partial charge in [0.2, 0.25) is 5.88 Å². The first-order valence-corrected chi connectivity index (χ1v) is 11.6. The number of carbonyl (C=O) groups excluding carboxylic acids is 1. The second-order valence-electron chi connectivity index (χ2n) is 9.67. The molecule has 33 heavy (non-hydrogen) atoms. The van der Waals surface area contributed by atoms with Crippen molar-refractivity contribution in [2.45, 2.75) is 64.8 Å². The Labute approximate surface area is 195 Å². The Kier molecular flexibility index (Phi) is 7.02. The maximum atomic E-state index is 12.6. The van der Waals surface area contributed by atoms with E-state index in [0.29, 0.717) is 31.6 Å². The number of amides is 1. The lowest BCUT2D eigenvalue weighted by Crippen LogP contribution is -2.42. The van der Waals surface area contributed by atoms with Gasteiger partial charge in [0, 0.05) is 31.7 Å². The number of ether oxygens (including phenoxy) is 3. The summed E-state index contributed by atoms with van der Waals surface area (Å²) in [6.45, 7) is 9.14. The minimum Gasteiger partial charge on any atom is -0.481 e. The number of nitrogens with zero attached hydrogens (tertiary/aromatic N) is 4. The number of fused-ring (bicyclic) bond motifs is 1. The molecule has 1 aromatic carbocycles. The summed E-state index contributed by atoms with van der Waals surface area (Å²) in [5.41, 5.74) is 2.74. The maximum absolute atomic E-state index is 12.6. The highest BCUT2D eigenvalue weighted by atomic mass is 16.6. The van der Waals surface area contributed by atoms with Crippen LogP contribution in [0.5, 0.6) is 11.9 Å². The van der Waals surface area contributed by atoms with E-state index >= 15 is 0 Å². The van der Waals surface area contributed by atoms with Gasteiger partial charge in [-0.25, -0.2) is 4.79 Å². The monoisotopic (exact) mass is 454 g/mol. The van der Waals surface area contributed by atoms with Crippen molar-refractivity contribution in [2.75, 3.05) is 26.8 Å². The third-order valence-corrected chi connectivity index (χ3v) is 5.94. The Hall–Kier alpha value is -2.87. The predicted octanol–water partition coefficient (Wildman–Crippen LogP) is 3.82. The number of benzene rings is 1. The fourth-order valence-corrected chi connectivity index (χ4v) is 4.38. The molecule has 1 unspecified atom stereocenters. The van der Waals surface area contributed by atoms with Crippen molar-refractivity contribution in [1.29, 1.82) is 0 Å². The van der Waals surface area contributed by atoms with Crippen molar-refractivity contribution in [2.24, 2.45) is 0 Å². The van der Waals surface area contributed by atoms with E-state index in [0.717, 1.165) is 43.6 Å². The first-order chi connectivity index (χ1) is 15.8. The molecule has 178 valence electrons. The topological polar surface area (TPSA) is 77.0 Å². The Morgan fingerprint density at radius 2 is 1.94 bits per heavy atom. The zero-order valence-corrected chi connectivity index (χ0v) is 20.0. The highest BCUT2D eigenvalue weighted by molar-refractivity contribution is 5.69. The molecule has 1 atom stereocenters. The minimum atomic E-state index is -0.522. The average molecular weight is 455 g/mol. The molecule has 0 radical (unpaired) electrons. The van der Waals surface area contributed by atoms with Crippen molar-refractivity contribution >= 4 is 6.09 Å². The molecule has 0 bridgehead atoms. The lowest BCUT2D eigenvalue weighted by atomic mass is 10.1. The first-order valence-electron chi connectivity index (χ1n) is 11.6. The van der Waals surface area contributed by atoms with Gasteiger partial charge in [-0.15, -0.1) is 0 Å². The van der Waals surface area contributed by atoms with Gasteiger partial charge < -0.3 is 19.1 Å². The van der Waals surface area contributed by atoms with Gasteiger partial charge in [-0.3, -0.25) is 4.90 Å². The predicted molar refractivity (Wildman–Crippen MR) is 124 cm³/mol. The second kappa shape index (κ2) is 9.95. The Balaban J connectivity index is 1.42. The van der Waals surface area contributed by atoms with Crippen molar-refractivity contribution in [3.63, 3.8) is 0 Å². The number of methoxy groups -OCH3 is 1. The third-order valence-electron chi connectivity index (χ3n) is 5.94. The fraction of sp³-hybridized carbons (Fsp3) is 0.560. The molecule has 8 heteroatoms. The van der Waals surface area contributed by atoms with E-state index in [-0.39, 0.29) is 12.1 Å². The molecule has 2 aromatic rings. The van der Waals surface area contributed by atoms with Crippen LogP contribution >= 0.6 is 0 Å². The van der Waals surface area contributed by atoms with Gasteiger partial charge in [0.1, 0.15) is 12.2 Å². The lowest BCUT2D eigenvalue weighted by Gasteiger charge is -2.29. The largest absolute Gasteiger partial charge is 0.481 e. The zero-order chi connectivity index (χ0) is 23.4. The summed E-state index contributed by atoms with van der Waals surface area (Å²) in [6, 6.07) is 10.7. The highest BCUT2D eigenvalue weighted by Gasteiger charge is 2.33. The zero-order valence-electron chi connectivity index (χ0n) is 20.0. The summed E-state index contributed by atoms with van der Waals surface area (Å²) in [5.74, 6) is 0.574. The van der Waals surface area contributed by atoms with Crippen LogP contribution in [0.25, 0.3) is 0 Å². The third kappa shape index (κ3) is 5.93. The lowest BCUT2D eigenvalue weighted by molar-refractivity contribution is 0.0183. The molecule has 4 rings (SSSR count). The number of hydrogen-bond acceptors (Lipinski definition) is 7. The van der Waals surface area contributed by atoms with Gasteiger partial charge in [0.15, 0.2) is 0 Å². The van der Waals surface area contributed by atoms with Crippen LogP contribution in [-0.4, -0.2) is 64.3 Å². The van der Waals surface area contributed by atoms with Crippen molar-refractivity contribution in [3.8, 4) is 11.9 Å². The Bertz CT molecular complexity index is 961.